The highest BCUT2D eigenvalue weighted by molar-refractivity contribution is 5.95. The number of hydrogen-bond acceptors (Lipinski definition) is 5. The molecule has 2 aromatic carbocycles. The van der Waals surface area contributed by atoms with E-state index >= 15 is 0 Å². The Morgan fingerprint density at radius 2 is 1.88 bits per heavy atom. The minimum atomic E-state index is -1.25. The molecule has 0 saturated carbocycles. The molecule has 0 atom stereocenters. The Kier molecular flexibility index (Phi) is 5.10. The molecule has 8 heteroatoms. The number of carboxylic acid groups (broad SMARTS) is 1. The lowest BCUT2D eigenvalue weighted by molar-refractivity contribution is -0.384. The van der Waals surface area contributed by atoms with Crippen LogP contribution in [0, 0.1) is 10.1 Å². The van der Waals surface area contributed by atoms with Gasteiger partial charge in [0.05, 0.1) is 10.5 Å². The van der Waals surface area contributed by atoms with Crippen LogP contribution >= 0.6 is 0 Å². The first-order valence-corrected chi connectivity index (χ1v) is 6.86. The van der Waals surface area contributed by atoms with E-state index < -0.39 is 17.0 Å². The summed E-state index contributed by atoms with van der Waals surface area (Å²) in [6.07, 6.45) is -0.829. The van der Waals surface area contributed by atoms with Crippen molar-refractivity contribution in [3.05, 3.63) is 69.8 Å². The molecule has 0 heterocycles. The van der Waals surface area contributed by atoms with Gasteiger partial charge in [-0.15, -0.1) is 0 Å². The van der Waals surface area contributed by atoms with Crippen LogP contribution in [0.1, 0.15) is 15.9 Å². The number of aromatic carboxylic acids is 1. The Labute approximate surface area is 137 Å². The zero-order valence-electron chi connectivity index (χ0n) is 12.7. The smallest absolute Gasteiger partial charge is 0.414 e. The molecular weight excluding hydrogens is 316 g/mol. The van der Waals surface area contributed by atoms with Crippen molar-refractivity contribution in [2.75, 3.05) is 11.9 Å². The Balaban J connectivity index is 2.22. The van der Waals surface area contributed by atoms with Gasteiger partial charge >= 0.3 is 12.1 Å². The average Bonchev–Trinajstić information content (AvgIpc) is 2.59. The monoisotopic (exact) mass is 330 g/mol. The molecular formula is C16H14N2O6. The Bertz CT molecular complexity index is 775. The molecule has 1 amide bonds. The maximum atomic E-state index is 12.1. The number of nitrogens with zero attached hydrogens (tertiary/aromatic N) is 2. The summed E-state index contributed by atoms with van der Waals surface area (Å²) in [5.41, 5.74) is 0.0449. The molecule has 0 unspecified atom stereocenters. The molecule has 0 aliphatic rings. The van der Waals surface area contributed by atoms with Crippen molar-refractivity contribution in [2.24, 2.45) is 0 Å². The van der Waals surface area contributed by atoms with Crippen molar-refractivity contribution in [1.82, 2.24) is 0 Å². The van der Waals surface area contributed by atoms with Crippen LogP contribution in [0.25, 0.3) is 0 Å². The zero-order valence-corrected chi connectivity index (χ0v) is 12.7. The van der Waals surface area contributed by atoms with Gasteiger partial charge in [0.1, 0.15) is 12.3 Å². The molecule has 0 aromatic heterocycles. The van der Waals surface area contributed by atoms with Gasteiger partial charge in [0.15, 0.2) is 0 Å². The molecule has 0 aliphatic heterocycles. The predicted octanol–water partition coefficient (Wildman–Crippen LogP) is 3.07. The van der Waals surface area contributed by atoms with Crippen molar-refractivity contribution < 1.29 is 24.4 Å². The molecule has 2 aromatic rings. The number of carboxylic acids is 1. The second-order valence-electron chi connectivity index (χ2n) is 4.86. The predicted molar refractivity (Wildman–Crippen MR) is 85.1 cm³/mol. The van der Waals surface area contributed by atoms with Crippen LogP contribution in [0.4, 0.5) is 16.2 Å². The number of anilines is 1. The van der Waals surface area contributed by atoms with Crippen molar-refractivity contribution in [1.29, 1.82) is 0 Å². The van der Waals surface area contributed by atoms with Gasteiger partial charge < -0.3 is 9.84 Å². The van der Waals surface area contributed by atoms with E-state index in [9.17, 15) is 19.7 Å². The van der Waals surface area contributed by atoms with Gasteiger partial charge in [-0.2, -0.15) is 0 Å². The van der Waals surface area contributed by atoms with Crippen molar-refractivity contribution in [2.45, 2.75) is 6.61 Å². The zero-order chi connectivity index (χ0) is 17.7. The summed E-state index contributed by atoms with van der Waals surface area (Å²) in [5.74, 6) is -1.25. The molecule has 0 aliphatic carbocycles. The lowest BCUT2D eigenvalue weighted by Crippen LogP contribution is -2.28. The largest absolute Gasteiger partial charge is 0.478 e. The highest BCUT2D eigenvalue weighted by Crippen LogP contribution is 2.29. The lowest BCUT2D eigenvalue weighted by atomic mass is 10.1. The van der Waals surface area contributed by atoms with Gasteiger partial charge in [-0.05, 0) is 17.7 Å². The summed E-state index contributed by atoms with van der Waals surface area (Å²) in [7, 11) is 1.28. The quantitative estimate of drug-likeness (QED) is 0.666. The van der Waals surface area contributed by atoms with Gasteiger partial charge in [-0.25, -0.2) is 9.59 Å². The van der Waals surface area contributed by atoms with E-state index in [4.69, 9.17) is 9.84 Å². The molecule has 24 heavy (non-hydrogen) atoms. The van der Waals surface area contributed by atoms with Crippen LogP contribution in [0.2, 0.25) is 0 Å². The second-order valence-corrected chi connectivity index (χ2v) is 4.86. The summed E-state index contributed by atoms with van der Waals surface area (Å²) in [6, 6.07) is 12.1. The molecule has 0 fully saturated rings. The van der Waals surface area contributed by atoms with Crippen LogP contribution in [-0.2, 0) is 11.3 Å². The van der Waals surface area contributed by atoms with Gasteiger partial charge in [-0.3, -0.25) is 15.0 Å². The average molecular weight is 330 g/mol. The highest BCUT2D eigenvalue weighted by atomic mass is 16.6. The fraction of sp³-hybridized carbons (Fsp3) is 0.125. The van der Waals surface area contributed by atoms with E-state index in [2.05, 4.69) is 0 Å². The minimum absolute atomic E-state index is 0.00354. The molecule has 124 valence electrons. The minimum Gasteiger partial charge on any atom is -0.478 e. The number of amides is 1. The third-order valence-corrected chi connectivity index (χ3v) is 3.26. The summed E-state index contributed by atoms with van der Waals surface area (Å²) in [4.78, 5) is 34.4. The lowest BCUT2D eigenvalue weighted by Gasteiger charge is -2.17. The third-order valence-electron chi connectivity index (χ3n) is 3.26. The van der Waals surface area contributed by atoms with Crippen molar-refractivity contribution in [3.63, 3.8) is 0 Å². The van der Waals surface area contributed by atoms with E-state index in [0.717, 1.165) is 28.7 Å². The van der Waals surface area contributed by atoms with Crippen LogP contribution < -0.4 is 4.90 Å². The fourth-order valence-electron chi connectivity index (χ4n) is 1.99. The Hall–Kier alpha value is -3.42. The first-order chi connectivity index (χ1) is 11.4. The van der Waals surface area contributed by atoms with Crippen LogP contribution in [0.15, 0.2) is 48.5 Å². The summed E-state index contributed by atoms with van der Waals surface area (Å²) < 4.78 is 5.10. The third kappa shape index (κ3) is 3.86. The Morgan fingerprint density at radius 1 is 1.21 bits per heavy atom. The number of benzene rings is 2. The molecule has 8 nitrogen and oxygen atoms in total. The summed E-state index contributed by atoms with van der Waals surface area (Å²) >= 11 is 0. The molecule has 0 saturated heterocycles. The van der Waals surface area contributed by atoms with E-state index in [1.54, 1.807) is 24.3 Å². The van der Waals surface area contributed by atoms with Gasteiger partial charge in [0.25, 0.3) is 5.69 Å². The van der Waals surface area contributed by atoms with Crippen LogP contribution in [0.3, 0.4) is 0 Å². The van der Waals surface area contributed by atoms with Gasteiger partial charge in [0, 0.05) is 13.1 Å². The number of carbonyl (C=O) groups excluding carboxylic acids is 1. The van der Waals surface area contributed by atoms with Crippen molar-refractivity contribution in [3.8, 4) is 0 Å². The SMILES string of the molecule is CN(C(=O)OCc1ccccc1)c1cc(C(=O)O)ccc1[N+](=O)[O-]. The molecule has 0 spiro atoms. The number of nitro benzene ring substituents is 1. The van der Waals surface area contributed by atoms with Gasteiger partial charge in [0.2, 0.25) is 0 Å². The fourth-order valence-corrected chi connectivity index (χ4v) is 1.99. The molecule has 1 N–H and O–H groups in total. The van der Waals surface area contributed by atoms with E-state index in [1.807, 2.05) is 6.07 Å². The van der Waals surface area contributed by atoms with E-state index in [0.29, 0.717) is 0 Å². The normalized spacial score (nSPS) is 10.0. The van der Waals surface area contributed by atoms with E-state index in [-0.39, 0.29) is 23.5 Å². The molecule has 0 radical (unpaired) electrons. The second kappa shape index (κ2) is 7.23. The number of rotatable bonds is 5. The number of carbonyl (C=O) groups is 2. The maximum Gasteiger partial charge on any atom is 0.414 e. The number of hydrogen-bond donors (Lipinski definition) is 1. The number of nitro groups is 1. The first kappa shape index (κ1) is 16.9. The summed E-state index contributed by atoms with van der Waals surface area (Å²) in [5, 5.41) is 20.1. The first-order valence-electron chi connectivity index (χ1n) is 6.86. The van der Waals surface area contributed by atoms with Crippen LogP contribution in [0.5, 0.6) is 0 Å². The Morgan fingerprint density at radius 3 is 2.46 bits per heavy atom. The number of ether oxygens (including phenoxy) is 1. The standard InChI is InChI=1S/C16H14N2O6/c1-17(16(21)24-10-11-5-3-2-4-6-11)14-9-12(15(19)20)7-8-13(14)18(22)23/h2-9H,10H2,1H3,(H,19,20). The molecule has 0 bridgehead atoms. The maximum absolute atomic E-state index is 12.1. The molecule has 2 rings (SSSR count). The topological polar surface area (TPSA) is 110 Å². The van der Waals surface area contributed by atoms with E-state index in [1.165, 1.54) is 7.05 Å². The summed E-state index contributed by atoms with van der Waals surface area (Å²) in [6.45, 7) is -0.00354. The van der Waals surface area contributed by atoms with Gasteiger partial charge in [-0.1, -0.05) is 30.3 Å². The van der Waals surface area contributed by atoms with Crippen molar-refractivity contribution >= 4 is 23.4 Å². The highest BCUT2D eigenvalue weighted by Gasteiger charge is 2.24. The van der Waals surface area contributed by atoms with Crippen LogP contribution in [-0.4, -0.2) is 29.1 Å².